The van der Waals surface area contributed by atoms with Gasteiger partial charge in [-0.3, -0.25) is 10.1 Å². The summed E-state index contributed by atoms with van der Waals surface area (Å²) in [7, 11) is -0.668. The summed E-state index contributed by atoms with van der Waals surface area (Å²) in [6, 6.07) is 5.78. The van der Waals surface area contributed by atoms with Crippen molar-refractivity contribution < 1.29 is 22.6 Å². The number of hydrogen-bond acceptors (Lipinski definition) is 5. The molecule has 1 aromatic heterocycles. The predicted octanol–water partition coefficient (Wildman–Crippen LogP) is 1.27. The molecule has 1 heterocycles. The Bertz CT molecular complexity index is 798. The van der Waals surface area contributed by atoms with Crippen LogP contribution in [-0.4, -0.2) is 22.6 Å². The highest BCUT2D eigenvalue weighted by atomic mass is 32.2. The molecule has 0 amide bonds. The molecule has 9 heteroatoms. The second-order valence-corrected chi connectivity index (χ2v) is 6.47. The van der Waals surface area contributed by atoms with E-state index in [0.29, 0.717) is 11.4 Å². The smallest absolute Gasteiger partial charge is 0.361 e. The van der Waals surface area contributed by atoms with E-state index in [0.717, 1.165) is 5.56 Å². The zero-order valence-electron chi connectivity index (χ0n) is 13.6. The summed E-state index contributed by atoms with van der Waals surface area (Å²) >= 11 is 0. The van der Waals surface area contributed by atoms with Gasteiger partial charge < -0.3 is 4.55 Å². The normalized spacial score (nSPS) is 10.9. The molecular weight excluding hydrogens is 322 g/mol. The summed E-state index contributed by atoms with van der Waals surface area (Å²) in [6.07, 6.45) is 0. The summed E-state index contributed by atoms with van der Waals surface area (Å²) in [6.45, 7) is 5.30. The summed E-state index contributed by atoms with van der Waals surface area (Å²) in [4.78, 5) is 10.1. The van der Waals surface area contributed by atoms with Crippen molar-refractivity contribution in [2.24, 2.45) is 14.1 Å². The van der Waals surface area contributed by atoms with Crippen LogP contribution < -0.4 is 4.68 Å². The van der Waals surface area contributed by atoms with E-state index in [1.807, 2.05) is 6.92 Å². The molecule has 8 nitrogen and oxygen atoms in total. The molecule has 1 aromatic carbocycles. The predicted molar refractivity (Wildman–Crippen MR) is 81.9 cm³/mol. The van der Waals surface area contributed by atoms with Crippen LogP contribution in [0.1, 0.15) is 17.0 Å². The molecule has 0 N–H and O–H groups in total. The molecule has 0 saturated heterocycles. The van der Waals surface area contributed by atoms with Gasteiger partial charge in [-0.2, -0.15) is 4.68 Å². The molecule has 0 aliphatic rings. The lowest BCUT2D eigenvalue weighted by Gasteiger charge is -2.05. The van der Waals surface area contributed by atoms with E-state index in [1.165, 1.54) is 12.1 Å². The largest absolute Gasteiger partial charge is 0.744 e. The minimum Gasteiger partial charge on any atom is -0.744 e. The molecule has 126 valence electrons. The molecule has 0 fully saturated rings. The molecule has 0 saturated carbocycles. The van der Waals surface area contributed by atoms with Gasteiger partial charge in [-0.15, -0.1) is 4.68 Å². The Labute approximate surface area is 134 Å². The van der Waals surface area contributed by atoms with Gasteiger partial charge in [0.1, 0.15) is 10.1 Å². The molecule has 0 radical (unpaired) electrons. The van der Waals surface area contributed by atoms with Crippen molar-refractivity contribution in [1.29, 1.82) is 0 Å². The molecule has 23 heavy (non-hydrogen) atoms. The first-order chi connectivity index (χ1) is 10.5. The van der Waals surface area contributed by atoms with Crippen LogP contribution in [0.2, 0.25) is 0 Å². The van der Waals surface area contributed by atoms with Crippen molar-refractivity contribution >= 4 is 15.8 Å². The number of benzene rings is 1. The Morgan fingerprint density at radius 1 is 1.13 bits per heavy atom. The highest BCUT2D eigenvalue weighted by Crippen LogP contribution is 2.18. The number of aryl methyl sites for hydroxylation is 1. The number of hydrogen-bond donors (Lipinski definition) is 0. The maximum absolute atomic E-state index is 10.6. The van der Waals surface area contributed by atoms with Crippen molar-refractivity contribution in [3.63, 3.8) is 0 Å². The van der Waals surface area contributed by atoms with Gasteiger partial charge in [0.15, 0.2) is 12.7 Å². The zero-order valence-corrected chi connectivity index (χ0v) is 14.4. The Hall–Kier alpha value is -2.26. The van der Waals surface area contributed by atoms with Crippen LogP contribution in [-0.2, 0) is 24.2 Å². The minimum atomic E-state index is -4.27. The summed E-state index contributed by atoms with van der Waals surface area (Å²) in [5.74, 6) is 0. The van der Waals surface area contributed by atoms with Crippen LogP contribution >= 0.6 is 0 Å². The maximum atomic E-state index is 10.6. The fourth-order valence-corrected chi connectivity index (χ4v) is 2.46. The molecule has 0 bridgehead atoms. The van der Waals surface area contributed by atoms with Crippen molar-refractivity contribution in [3.8, 4) is 0 Å². The van der Waals surface area contributed by atoms with E-state index in [-0.39, 0.29) is 15.5 Å². The van der Waals surface area contributed by atoms with Crippen LogP contribution in [0.5, 0.6) is 0 Å². The van der Waals surface area contributed by atoms with Crippen LogP contribution in [0, 0.1) is 30.9 Å². The highest BCUT2D eigenvalue weighted by Gasteiger charge is 2.29. The third-order valence-electron chi connectivity index (χ3n) is 3.60. The SMILES string of the molecule is Cc1c([N+](=O)[O-])c(C)[n+](C)n1C.Cc1ccc(S(=O)(=O)[O-])cc1. The van der Waals surface area contributed by atoms with Crippen LogP contribution in [0.3, 0.4) is 0 Å². The molecular formula is C14H19N3O5S. The number of nitro groups is 1. The number of nitrogens with zero attached hydrogens (tertiary/aromatic N) is 3. The lowest BCUT2D eigenvalue weighted by molar-refractivity contribution is -0.757. The van der Waals surface area contributed by atoms with Gasteiger partial charge >= 0.3 is 5.69 Å². The second-order valence-electron chi connectivity index (χ2n) is 5.09. The van der Waals surface area contributed by atoms with Crippen molar-refractivity contribution in [1.82, 2.24) is 4.68 Å². The maximum Gasteiger partial charge on any atom is 0.361 e. The second kappa shape index (κ2) is 6.88. The van der Waals surface area contributed by atoms with E-state index in [2.05, 4.69) is 0 Å². The molecule has 2 rings (SSSR count). The van der Waals surface area contributed by atoms with Gasteiger partial charge in [0.25, 0.3) is 5.69 Å². The molecule has 0 aliphatic carbocycles. The highest BCUT2D eigenvalue weighted by molar-refractivity contribution is 7.85. The summed E-state index contributed by atoms with van der Waals surface area (Å²) in [5, 5.41) is 10.6. The first-order valence-electron chi connectivity index (χ1n) is 6.66. The van der Waals surface area contributed by atoms with Crippen LogP contribution in [0.15, 0.2) is 29.2 Å². The van der Waals surface area contributed by atoms with Crippen molar-refractivity contribution in [2.75, 3.05) is 0 Å². The van der Waals surface area contributed by atoms with Gasteiger partial charge in [0, 0.05) is 6.92 Å². The number of rotatable bonds is 2. The lowest BCUT2D eigenvalue weighted by Crippen LogP contribution is -2.39. The standard InChI is InChI=1S/C7H12N3O2.C7H8O3S/c1-5-7(10(11)12)6(2)9(4)8(5)3;1-6-2-4-7(5-3-6)11(8,9)10/h1-4H3;2-5H,1H3,(H,8,9,10)/q+1;/p-1. The van der Waals surface area contributed by atoms with E-state index in [1.54, 1.807) is 49.4 Å². The average Bonchev–Trinajstić information content (AvgIpc) is 2.63. The fraction of sp³-hybridized carbons (Fsp3) is 0.357. The molecule has 0 atom stereocenters. The third-order valence-corrected chi connectivity index (χ3v) is 4.45. The van der Waals surface area contributed by atoms with Gasteiger partial charge in [-0.05, 0) is 26.0 Å². The molecule has 0 aliphatic heterocycles. The van der Waals surface area contributed by atoms with Gasteiger partial charge in [-0.1, -0.05) is 17.7 Å². The zero-order chi connectivity index (χ0) is 17.9. The Balaban J connectivity index is 0.000000231. The van der Waals surface area contributed by atoms with E-state index >= 15 is 0 Å². The first-order valence-corrected chi connectivity index (χ1v) is 8.06. The monoisotopic (exact) mass is 341 g/mol. The number of aromatic nitrogens is 2. The summed E-state index contributed by atoms with van der Waals surface area (Å²) < 4.78 is 34.7. The minimum absolute atomic E-state index is 0.178. The molecule has 0 unspecified atom stereocenters. The van der Waals surface area contributed by atoms with E-state index < -0.39 is 10.1 Å². The van der Waals surface area contributed by atoms with Crippen molar-refractivity contribution in [3.05, 3.63) is 51.3 Å². The van der Waals surface area contributed by atoms with E-state index in [9.17, 15) is 23.1 Å². The van der Waals surface area contributed by atoms with Crippen LogP contribution in [0.25, 0.3) is 0 Å². The third kappa shape index (κ3) is 4.36. The first kappa shape index (κ1) is 18.8. The molecule has 2 aromatic rings. The van der Waals surface area contributed by atoms with Crippen LogP contribution in [0.4, 0.5) is 5.69 Å². The van der Waals surface area contributed by atoms with E-state index in [4.69, 9.17) is 0 Å². The quantitative estimate of drug-likeness (QED) is 0.354. The van der Waals surface area contributed by atoms with Crippen molar-refractivity contribution in [2.45, 2.75) is 25.7 Å². The van der Waals surface area contributed by atoms with Gasteiger partial charge in [0.2, 0.25) is 0 Å². The Morgan fingerprint density at radius 3 is 1.87 bits per heavy atom. The summed E-state index contributed by atoms with van der Waals surface area (Å²) in [5.41, 5.74) is 2.50. The lowest BCUT2D eigenvalue weighted by atomic mass is 10.2. The Morgan fingerprint density at radius 2 is 1.61 bits per heavy atom. The van der Waals surface area contributed by atoms with Gasteiger partial charge in [0.05, 0.1) is 16.9 Å². The topological polar surface area (TPSA) is 109 Å². The Kier molecular flexibility index (Phi) is 5.62. The van der Waals surface area contributed by atoms with Gasteiger partial charge in [-0.25, -0.2) is 8.42 Å². The average molecular weight is 341 g/mol. The fourth-order valence-electron chi connectivity index (χ4n) is 1.99. The molecule has 0 spiro atoms.